The second kappa shape index (κ2) is 7.04. The molecular weight excluding hydrogens is 314 g/mol. The van der Waals surface area contributed by atoms with Crippen LogP contribution in [0.5, 0.6) is 0 Å². The summed E-state index contributed by atoms with van der Waals surface area (Å²) in [5, 5.41) is 3.42. The summed E-state index contributed by atoms with van der Waals surface area (Å²) in [5.74, 6) is 0. The van der Waals surface area contributed by atoms with E-state index in [4.69, 9.17) is 16.3 Å². The van der Waals surface area contributed by atoms with E-state index in [1.54, 1.807) is 12.5 Å². The fourth-order valence-electron chi connectivity index (χ4n) is 2.14. The summed E-state index contributed by atoms with van der Waals surface area (Å²) in [6.45, 7) is 7.96. The van der Waals surface area contributed by atoms with E-state index in [0.29, 0.717) is 18.0 Å². The van der Waals surface area contributed by atoms with Crippen molar-refractivity contribution in [1.29, 1.82) is 0 Å². The van der Waals surface area contributed by atoms with Gasteiger partial charge in [-0.15, -0.1) is 0 Å². The molecule has 1 N–H and O–H groups in total. The van der Waals surface area contributed by atoms with Gasteiger partial charge in [-0.1, -0.05) is 17.7 Å². The number of nitrogens with zero attached hydrogens (tertiary/aromatic N) is 2. The van der Waals surface area contributed by atoms with Crippen molar-refractivity contribution in [3.05, 3.63) is 47.0 Å². The number of amides is 1. The minimum absolute atomic E-state index is 0.420. The number of aromatic nitrogens is 2. The zero-order valence-corrected chi connectivity index (χ0v) is 14.6. The van der Waals surface area contributed by atoms with Gasteiger partial charge in [0.2, 0.25) is 0 Å². The molecule has 0 aliphatic rings. The van der Waals surface area contributed by atoms with E-state index in [0.717, 1.165) is 16.9 Å². The fraction of sp³-hybridized carbons (Fsp3) is 0.412. The van der Waals surface area contributed by atoms with Crippen molar-refractivity contribution in [2.45, 2.75) is 39.7 Å². The lowest BCUT2D eigenvalue weighted by atomic mass is 10.2. The van der Waals surface area contributed by atoms with E-state index >= 15 is 0 Å². The number of ether oxygens (including phenoxy) is 1. The lowest BCUT2D eigenvalue weighted by Crippen LogP contribution is -2.33. The first-order chi connectivity index (χ1) is 10.8. The van der Waals surface area contributed by atoms with E-state index in [1.165, 1.54) is 0 Å². The number of halogens is 1. The van der Waals surface area contributed by atoms with Gasteiger partial charge < -0.3 is 14.6 Å². The molecule has 0 spiro atoms. The van der Waals surface area contributed by atoms with E-state index in [9.17, 15) is 4.79 Å². The fourth-order valence-corrected chi connectivity index (χ4v) is 2.46. The number of nitrogens with one attached hydrogen (secondary N) is 1. The summed E-state index contributed by atoms with van der Waals surface area (Å²) >= 11 is 6.31. The maximum absolute atomic E-state index is 11.7. The predicted molar refractivity (Wildman–Crippen MR) is 91.3 cm³/mol. The number of benzene rings is 1. The summed E-state index contributed by atoms with van der Waals surface area (Å²) in [5.41, 5.74) is 2.45. The van der Waals surface area contributed by atoms with Crippen molar-refractivity contribution < 1.29 is 9.53 Å². The van der Waals surface area contributed by atoms with Gasteiger partial charge in [-0.25, -0.2) is 9.78 Å². The third-order valence-corrected chi connectivity index (χ3v) is 3.43. The minimum atomic E-state index is -0.499. The van der Waals surface area contributed by atoms with Crippen LogP contribution in [-0.4, -0.2) is 27.8 Å². The summed E-state index contributed by atoms with van der Waals surface area (Å²) in [4.78, 5) is 15.8. The van der Waals surface area contributed by atoms with Gasteiger partial charge >= 0.3 is 6.09 Å². The molecule has 0 saturated carbocycles. The first kappa shape index (κ1) is 17.3. The summed E-state index contributed by atoms with van der Waals surface area (Å²) < 4.78 is 7.14. The van der Waals surface area contributed by atoms with Crippen LogP contribution >= 0.6 is 11.6 Å². The Balaban J connectivity index is 2.01. The lowest BCUT2D eigenvalue weighted by Gasteiger charge is -2.19. The van der Waals surface area contributed by atoms with Gasteiger partial charge in [0.25, 0.3) is 0 Å². The quantitative estimate of drug-likeness (QED) is 0.921. The number of imidazole rings is 1. The Morgan fingerprint density at radius 2 is 2.13 bits per heavy atom. The van der Waals surface area contributed by atoms with Gasteiger partial charge in [0.1, 0.15) is 5.60 Å². The summed E-state index contributed by atoms with van der Waals surface area (Å²) in [6, 6.07) is 5.88. The average Bonchev–Trinajstić information content (AvgIpc) is 2.85. The molecule has 1 aromatic carbocycles. The van der Waals surface area contributed by atoms with Gasteiger partial charge in [-0.2, -0.15) is 0 Å². The van der Waals surface area contributed by atoms with Gasteiger partial charge in [-0.3, -0.25) is 0 Å². The van der Waals surface area contributed by atoms with Crippen molar-refractivity contribution >= 4 is 17.7 Å². The van der Waals surface area contributed by atoms with E-state index in [-0.39, 0.29) is 0 Å². The van der Waals surface area contributed by atoms with Crippen LogP contribution in [0, 0.1) is 6.92 Å². The highest BCUT2D eigenvalue weighted by molar-refractivity contribution is 6.32. The molecule has 0 unspecified atom stereocenters. The Labute approximate surface area is 141 Å². The Kier molecular flexibility index (Phi) is 5.31. The monoisotopic (exact) mass is 335 g/mol. The van der Waals surface area contributed by atoms with Crippen LogP contribution < -0.4 is 5.32 Å². The molecule has 1 amide bonds. The average molecular weight is 336 g/mol. The molecule has 2 aromatic rings. The molecule has 1 heterocycles. The van der Waals surface area contributed by atoms with Crippen LogP contribution in [-0.2, 0) is 11.2 Å². The number of hydrogen-bond donors (Lipinski definition) is 1. The van der Waals surface area contributed by atoms with Crippen LogP contribution in [0.15, 0.2) is 30.7 Å². The molecule has 1 aromatic heterocycles. The van der Waals surface area contributed by atoms with Crippen molar-refractivity contribution in [1.82, 2.24) is 14.9 Å². The van der Waals surface area contributed by atoms with Crippen molar-refractivity contribution in [3.8, 4) is 5.69 Å². The second-order valence-corrected chi connectivity index (χ2v) is 6.80. The molecular formula is C17H22ClN3O2. The lowest BCUT2D eigenvalue weighted by molar-refractivity contribution is 0.0528. The SMILES string of the molecule is Cc1ccc(-n2cncc2CCNC(=O)OC(C)(C)C)c(Cl)c1. The highest BCUT2D eigenvalue weighted by atomic mass is 35.5. The maximum Gasteiger partial charge on any atom is 0.407 e. The van der Waals surface area contributed by atoms with Crippen LogP contribution in [0.2, 0.25) is 5.02 Å². The third kappa shape index (κ3) is 4.99. The molecule has 0 bridgehead atoms. The Hall–Kier alpha value is -2.01. The molecule has 2 rings (SSSR count). The van der Waals surface area contributed by atoms with Crippen LogP contribution in [0.3, 0.4) is 0 Å². The predicted octanol–water partition coefficient (Wildman–Crippen LogP) is 3.90. The topological polar surface area (TPSA) is 56.2 Å². The van der Waals surface area contributed by atoms with Gasteiger partial charge in [0.15, 0.2) is 0 Å². The molecule has 6 heteroatoms. The van der Waals surface area contributed by atoms with Crippen molar-refractivity contribution in [2.24, 2.45) is 0 Å². The Bertz CT molecular complexity index is 689. The number of carbonyl (C=O) groups excluding carboxylic acids is 1. The highest BCUT2D eigenvalue weighted by Crippen LogP contribution is 2.23. The van der Waals surface area contributed by atoms with E-state index < -0.39 is 11.7 Å². The largest absolute Gasteiger partial charge is 0.444 e. The van der Waals surface area contributed by atoms with Crippen LogP contribution in [0.1, 0.15) is 32.0 Å². The molecule has 0 atom stereocenters. The van der Waals surface area contributed by atoms with Crippen molar-refractivity contribution in [2.75, 3.05) is 6.54 Å². The van der Waals surface area contributed by atoms with E-state index in [2.05, 4.69) is 10.3 Å². The maximum atomic E-state index is 11.7. The minimum Gasteiger partial charge on any atom is -0.444 e. The Morgan fingerprint density at radius 3 is 2.78 bits per heavy atom. The molecule has 0 aliphatic carbocycles. The summed E-state index contributed by atoms with van der Waals surface area (Å²) in [6.07, 6.45) is 3.70. The van der Waals surface area contributed by atoms with E-state index in [1.807, 2.05) is 50.5 Å². The third-order valence-electron chi connectivity index (χ3n) is 3.13. The number of rotatable bonds is 4. The van der Waals surface area contributed by atoms with Gasteiger partial charge in [0, 0.05) is 24.9 Å². The zero-order valence-electron chi connectivity index (χ0n) is 13.9. The Morgan fingerprint density at radius 1 is 1.39 bits per heavy atom. The van der Waals surface area contributed by atoms with Crippen molar-refractivity contribution in [3.63, 3.8) is 0 Å². The number of hydrogen-bond acceptors (Lipinski definition) is 3. The molecule has 0 aliphatic heterocycles. The second-order valence-electron chi connectivity index (χ2n) is 6.39. The van der Waals surface area contributed by atoms with Crippen LogP contribution in [0.25, 0.3) is 5.69 Å². The number of aryl methyl sites for hydroxylation is 1. The normalized spacial score (nSPS) is 11.3. The zero-order chi connectivity index (χ0) is 17.0. The van der Waals surface area contributed by atoms with Gasteiger partial charge in [0.05, 0.1) is 17.0 Å². The van der Waals surface area contributed by atoms with Gasteiger partial charge in [-0.05, 0) is 45.4 Å². The molecule has 23 heavy (non-hydrogen) atoms. The first-order valence-electron chi connectivity index (χ1n) is 7.51. The molecule has 0 radical (unpaired) electrons. The smallest absolute Gasteiger partial charge is 0.407 e. The molecule has 5 nitrogen and oxygen atoms in total. The molecule has 124 valence electrons. The molecule has 0 fully saturated rings. The van der Waals surface area contributed by atoms with Crippen LogP contribution in [0.4, 0.5) is 4.79 Å². The number of carbonyl (C=O) groups is 1. The number of alkyl carbamates (subject to hydrolysis) is 1. The highest BCUT2D eigenvalue weighted by Gasteiger charge is 2.16. The first-order valence-corrected chi connectivity index (χ1v) is 7.88. The molecule has 0 saturated heterocycles. The standard InChI is InChI=1S/C17H22ClN3O2/c1-12-5-6-15(14(18)9-12)21-11-19-10-13(21)7-8-20-16(22)23-17(2,3)4/h5-6,9-11H,7-8H2,1-4H3,(H,20,22). The summed E-state index contributed by atoms with van der Waals surface area (Å²) in [7, 11) is 0.